The van der Waals surface area contributed by atoms with Gasteiger partial charge in [-0.3, -0.25) is 4.79 Å². The van der Waals surface area contributed by atoms with Crippen molar-refractivity contribution in [2.45, 2.75) is 158 Å². The van der Waals surface area contributed by atoms with Gasteiger partial charge in [-0.25, -0.2) is 19.2 Å². The normalized spacial score (nSPS) is 31.3. The molecule has 0 amide bonds. The second-order valence-electron chi connectivity index (χ2n) is 17.6. The Bertz CT molecular complexity index is 1480. The van der Waals surface area contributed by atoms with Crippen molar-refractivity contribution < 1.29 is 61.9 Å². The van der Waals surface area contributed by atoms with Crippen molar-refractivity contribution in [3.8, 4) is 0 Å². The van der Waals surface area contributed by atoms with Crippen LogP contribution in [0.3, 0.4) is 0 Å². The summed E-state index contributed by atoms with van der Waals surface area (Å²) in [4.78, 5) is 64.9. The number of allylic oxidation sites excluding steroid dienone is 1. The third-order valence-corrected chi connectivity index (χ3v) is 13.9. The molecule has 0 aromatic heterocycles. The molecule has 13 heteroatoms. The first-order valence-corrected chi connectivity index (χ1v) is 20.3. The van der Waals surface area contributed by atoms with E-state index in [0.29, 0.717) is 18.6 Å². The zero-order chi connectivity index (χ0) is 41.1. The molecule has 0 N–H and O–H groups in total. The van der Waals surface area contributed by atoms with Crippen LogP contribution in [0.25, 0.3) is 0 Å². The highest BCUT2D eigenvalue weighted by molar-refractivity contribution is 5.85. The Balaban J connectivity index is 1.80. The second kappa shape index (κ2) is 16.9. The zero-order valence-electron chi connectivity index (χ0n) is 35.3. The molecular formula is C42H66O13. The molecule has 9 atom stereocenters. The van der Waals surface area contributed by atoms with E-state index in [1.807, 2.05) is 6.92 Å². The monoisotopic (exact) mass is 778 g/mol. The van der Waals surface area contributed by atoms with E-state index in [0.717, 1.165) is 37.7 Å². The number of Topliss-reactive ketones (excluding diaryl/α,β-unsaturated/α-hetero) is 1. The molecule has 3 saturated carbocycles. The average Bonchev–Trinajstić information content (AvgIpc) is 3.43. The lowest BCUT2D eigenvalue weighted by Gasteiger charge is -2.69. The smallest absolute Gasteiger partial charge is 0.435 e. The van der Waals surface area contributed by atoms with Gasteiger partial charge in [-0.05, 0) is 108 Å². The molecule has 0 unspecified atom stereocenters. The van der Waals surface area contributed by atoms with Crippen LogP contribution < -0.4 is 0 Å². The van der Waals surface area contributed by atoms with Crippen molar-refractivity contribution in [2.24, 2.45) is 39.4 Å². The molecule has 55 heavy (non-hydrogen) atoms. The molecule has 0 spiro atoms. The maximum atomic E-state index is 13.3. The van der Waals surface area contributed by atoms with Crippen LogP contribution in [0.1, 0.15) is 134 Å². The predicted octanol–water partition coefficient (Wildman–Crippen LogP) is 9.52. The summed E-state index contributed by atoms with van der Waals surface area (Å²) in [6, 6.07) is 0. The van der Waals surface area contributed by atoms with E-state index in [2.05, 4.69) is 34.6 Å². The summed E-state index contributed by atoms with van der Waals surface area (Å²) in [5, 5.41) is 0. The van der Waals surface area contributed by atoms with E-state index in [9.17, 15) is 24.0 Å². The Kier molecular flexibility index (Phi) is 13.6. The van der Waals surface area contributed by atoms with Crippen molar-refractivity contribution in [1.29, 1.82) is 0 Å². The summed E-state index contributed by atoms with van der Waals surface area (Å²) in [6.45, 7) is 23.3. The van der Waals surface area contributed by atoms with Crippen LogP contribution in [-0.4, -0.2) is 80.7 Å². The minimum absolute atomic E-state index is 0.0259. The third kappa shape index (κ3) is 8.46. The van der Waals surface area contributed by atoms with Crippen molar-refractivity contribution in [3.05, 3.63) is 11.1 Å². The quantitative estimate of drug-likeness (QED) is 0.0989. The van der Waals surface area contributed by atoms with E-state index in [4.69, 9.17) is 37.9 Å². The van der Waals surface area contributed by atoms with Gasteiger partial charge in [0.2, 0.25) is 0 Å². The summed E-state index contributed by atoms with van der Waals surface area (Å²) < 4.78 is 44.4. The Morgan fingerprint density at radius 1 is 0.764 bits per heavy atom. The van der Waals surface area contributed by atoms with Crippen molar-refractivity contribution in [1.82, 2.24) is 0 Å². The van der Waals surface area contributed by atoms with Crippen LogP contribution >= 0.6 is 0 Å². The number of rotatable bonds is 13. The van der Waals surface area contributed by atoms with Crippen LogP contribution in [0.2, 0.25) is 0 Å². The highest BCUT2D eigenvalue weighted by Gasteiger charge is 2.70. The Hall–Kier alpha value is -3.51. The molecule has 0 radical (unpaired) electrons. The Labute approximate surface area is 327 Å². The number of hydrogen-bond acceptors (Lipinski definition) is 13. The number of ether oxygens (including phenoxy) is 8. The Morgan fingerprint density at radius 3 is 1.93 bits per heavy atom. The zero-order valence-corrected chi connectivity index (χ0v) is 35.3. The summed E-state index contributed by atoms with van der Waals surface area (Å²) in [5.74, 6) is 0.173. The molecule has 4 aliphatic rings. The molecule has 0 aromatic carbocycles. The van der Waals surface area contributed by atoms with Gasteiger partial charge in [-0.1, -0.05) is 52.7 Å². The maximum Gasteiger partial charge on any atom is 0.508 e. The predicted molar refractivity (Wildman–Crippen MR) is 201 cm³/mol. The van der Waals surface area contributed by atoms with Crippen molar-refractivity contribution in [3.63, 3.8) is 0 Å². The topological polar surface area (TPSA) is 159 Å². The van der Waals surface area contributed by atoms with E-state index >= 15 is 0 Å². The molecule has 0 aliphatic heterocycles. The van der Waals surface area contributed by atoms with E-state index in [1.54, 1.807) is 41.5 Å². The fraction of sp³-hybridized carbons (Fsp3) is 0.833. The molecule has 4 rings (SSSR count). The van der Waals surface area contributed by atoms with Gasteiger partial charge in [0.25, 0.3) is 0 Å². The second-order valence-corrected chi connectivity index (χ2v) is 17.6. The van der Waals surface area contributed by atoms with Crippen molar-refractivity contribution >= 4 is 30.4 Å². The highest BCUT2D eigenvalue weighted by atomic mass is 16.8. The standard InChI is InChI=1S/C42H66O13/c1-13-48-34(44)52-28-24-27-26(17-21-41(27,11)42(12)22-18-30-38(6,7)31(43)19-20-40(30,10)32(28)42)25(5)23-29(53-35(45)49-14-2)33(54-36(46)50-15-3)39(8,9)55-37(47)51-16-4/h25,28-30,32-33H,13-24H2,1-12H3/t25-,28+,29+,30+,32+,33-,40+,41+,42+/m1/s1. The van der Waals surface area contributed by atoms with Gasteiger partial charge < -0.3 is 37.9 Å². The van der Waals surface area contributed by atoms with Crippen LogP contribution in [0.5, 0.6) is 0 Å². The van der Waals surface area contributed by atoms with E-state index in [1.165, 1.54) is 5.57 Å². The van der Waals surface area contributed by atoms with Gasteiger partial charge in [0.1, 0.15) is 18.0 Å². The Morgan fingerprint density at radius 2 is 1.33 bits per heavy atom. The average molecular weight is 779 g/mol. The van der Waals surface area contributed by atoms with Gasteiger partial charge in [-0.15, -0.1) is 0 Å². The van der Waals surface area contributed by atoms with Gasteiger partial charge >= 0.3 is 24.6 Å². The molecule has 0 bridgehead atoms. The molecule has 0 heterocycles. The summed E-state index contributed by atoms with van der Waals surface area (Å²) in [7, 11) is 0. The maximum absolute atomic E-state index is 13.3. The van der Waals surface area contributed by atoms with Crippen LogP contribution in [-0.2, 0) is 42.7 Å². The molecule has 0 aromatic rings. The summed E-state index contributed by atoms with van der Waals surface area (Å²) >= 11 is 0. The van der Waals surface area contributed by atoms with E-state index < -0.39 is 53.9 Å². The number of fused-ring (bicyclic) bond motifs is 5. The minimum Gasteiger partial charge on any atom is -0.435 e. The first-order valence-electron chi connectivity index (χ1n) is 20.3. The summed E-state index contributed by atoms with van der Waals surface area (Å²) in [5.41, 5.74) is -0.470. The number of carbonyl (C=O) groups is 5. The largest absolute Gasteiger partial charge is 0.508 e. The molecule has 13 nitrogen and oxygen atoms in total. The summed E-state index contributed by atoms with van der Waals surface area (Å²) in [6.07, 6.45) is -1.34. The van der Waals surface area contributed by atoms with Crippen molar-refractivity contribution in [2.75, 3.05) is 26.4 Å². The molecule has 4 aliphatic carbocycles. The molecule has 312 valence electrons. The first kappa shape index (κ1) is 44.2. The molecule has 0 saturated heterocycles. The van der Waals surface area contributed by atoms with Gasteiger partial charge in [0.15, 0.2) is 11.7 Å². The lowest BCUT2D eigenvalue weighted by Crippen LogP contribution is -2.66. The third-order valence-electron chi connectivity index (χ3n) is 13.9. The minimum atomic E-state index is -1.54. The van der Waals surface area contributed by atoms with Gasteiger partial charge in [0.05, 0.1) is 26.4 Å². The fourth-order valence-electron chi connectivity index (χ4n) is 11.4. The van der Waals surface area contributed by atoms with E-state index in [-0.39, 0.29) is 66.8 Å². The highest BCUT2D eigenvalue weighted by Crippen LogP contribution is 2.74. The van der Waals surface area contributed by atoms with Gasteiger partial charge in [0, 0.05) is 24.2 Å². The molecule has 3 fully saturated rings. The van der Waals surface area contributed by atoms with Crippen LogP contribution in [0.4, 0.5) is 19.2 Å². The lowest BCUT2D eigenvalue weighted by atomic mass is 9.36. The number of ketones is 1. The van der Waals surface area contributed by atoms with Crippen LogP contribution in [0.15, 0.2) is 11.1 Å². The van der Waals surface area contributed by atoms with Crippen LogP contribution in [0, 0.1) is 39.4 Å². The lowest BCUT2D eigenvalue weighted by molar-refractivity contribution is -0.210. The number of hydrogen-bond donors (Lipinski definition) is 0. The van der Waals surface area contributed by atoms with Gasteiger partial charge in [-0.2, -0.15) is 0 Å². The number of carbonyl (C=O) groups excluding carboxylic acids is 5. The SMILES string of the molecule is CCOC(=O)O[C@@H](C[C@@H](C)C1=C2C[C@H](OC(=O)OCC)[C@H]3[C@@]4(C)CCC(=O)C(C)(C)[C@@H]4CC[C@]3(C)[C@@]2(C)CC1)[C@@H](OC(=O)OCC)C(C)(C)OC(=O)OCC. The fourth-order valence-corrected chi connectivity index (χ4v) is 11.4. The first-order chi connectivity index (χ1) is 25.7. The molecular weight excluding hydrogens is 712 g/mol.